The lowest BCUT2D eigenvalue weighted by atomic mass is 10.1. The molecule has 0 saturated carbocycles. The van der Waals surface area contributed by atoms with Gasteiger partial charge in [0.1, 0.15) is 12.6 Å². The van der Waals surface area contributed by atoms with Crippen molar-refractivity contribution in [1.82, 2.24) is 10.2 Å². The predicted octanol–water partition coefficient (Wildman–Crippen LogP) is 5.86. The van der Waals surface area contributed by atoms with E-state index in [4.69, 9.17) is 11.6 Å². The Bertz CT molecular complexity index is 1370. The molecule has 7 nitrogen and oxygen atoms in total. The van der Waals surface area contributed by atoms with Crippen LogP contribution >= 0.6 is 34.2 Å². The van der Waals surface area contributed by atoms with E-state index in [-0.39, 0.29) is 23.4 Å². The van der Waals surface area contributed by atoms with Crippen molar-refractivity contribution in [3.8, 4) is 0 Å². The highest BCUT2D eigenvalue weighted by atomic mass is 127. The topological polar surface area (TPSA) is 86.8 Å². The molecular formula is C29H33ClIN3O4S. The number of hydrogen-bond donors (Lipinski definition) is 1. The molecule has 0 aliphatic rings. The Morgan fingerprint density at radius 2 is 1.54 bits per heavy atom. The van der Waals surface area contributed by atoms with Crippen LogP contribution < -0.4 is 9.62 Å². The van der Waals surface area contributed by atoms with Crippen LogP contribution in [0.3, 0.4) is 0 Å². The summed E-state index contributed by atoms with van der Waals surface area (Å²) in [5, 5.41) is 3.42. The van der Waals surface area contributed by atoms with E-state index in [1.54, 1.807) is 60.7 Å². The zero-order valence-corrected chi connectivity index (χ0v) is 25.9. The number of carbonyl (C=O) groups excluding carboxylic acids is 2. The van der Waals surface area contributed by atoms with Crippen molar-refractivity contribution in [3.05, 3.63) is 93.0 Å². The van der Waals surface area contributed by atoms with Crippen LogP contribution in [-0.4, -0.2) is 43.8 Å². The maximum absolute atomic E-state index is 14.0. The number of halogens is 2. The number of carbonyl (C=O) groups is 2. The Balaban J connectivity index is 2.05. The zero-order valence-electron chi connectivity index (χ0n) is 22.2. The van der Waals surface area contributed by atoms with Gasteiger partial charge in [-0.2, -0.15) is 0 Å². The Morgan fingerprint density at radius 1 is 0.923 bits per heavy atom. The molecule has 0 heterocycles. The van der Waals surface area contributed by atoms with Gasteiger partial charge < -0.3 is 10.2 Å². The highest BCUT2D eigenvalue weighted by Gasteiger charge is 2.34. The molecule has 1 N–H and O–H groups in total. The number of sulfonamides is 1. The Morgan fingerprint density at radius 3 is 2.13 bits per heavy atom. The van der Waals surface area contributed by atoms with Gasteiger partial charge in [-0.15, -0.1) is 0 Å². The van der Waals surface area contributed by atoms with Gasteiger partial charge in [-0.05, 0) is 90.4 Å². The first-order chi connectivity index (χ1) is 18.6. The maximum Gasteiger partial charge on any atom is 0.264 e. The fourth-order valence-electron chi connectivity index (χ4n) is 4.03. The van der Waals surface area contributed by atoms with Gasteiger partial charge in [0.2, 0.25) is 11.8 Å². The molecule has 0 spiro atoms. The van der Waals surface area contributed by atoms with Gasteiger partial charge in [0.05, 0.1) is 10.6 Å². The summed E-state index contributed by atoms with van der Waals surface area (Å²) in [5.41, 5.74) is 1.01. The molecule has 39 heavy (non-hydrogen) atoms. The van der Waals surface area contributed by atoms with Gasteiger partial charge >= 0.3 is 0 Å². The maximum atomic E-state index is 14.0. The Hall–Kier alpha value is -2.63. The molecule has 0 fully saturated rings. The van der Waals surface area contributed by atoms with E-state index in [0.29, 0.717) is 22.7 Å². The van der Waals surface area contributed by atoms with Crippen molar-refractivity contribution in [1.29, 1.82) is 0 Å². The number of hydrogen-bond acceptors (Lipinski definition) is 4. The van der Waals surface area contributed by atoms with Crippen LogP contribution in [0.4, 0.5) is 5.69 Å². The van der Waals surface area contributed by atoms with Crippen molar-refractivity contribution in [2.75, 3.05) is 10.8 Å². The first-order valence-electron chi connectivity index (χ1n) is 12.7. The van der Waals surface area contributed by atoms with Crippen LogP contribution in [0.25, 0.3) is 0 Å². The molecule has 0 unspecified atom stereocenters. The predicted molar refractivity (Wildman–Crippen MR) is 164 cm³/mol. The second-order valence-corrected chi connectivity index (χ2v) is 12.7. The standard InChI is InChI=1S/C29H33ClIN3O4S/c1-4-21(3)32-29(36)27(5-2)33(19-22-11-9-10-14-26(22)30)28(35)20-34(24-17-15-23(31)16-18-24)39(37,38)25-12-7-6-8-13-25/h6-18,21,27H,4-5,19-20H2,1-3H3,(H,32,36)/t21-,27+/m0/s1. The third kappa shape index (κ3) is 7.95. The molecule has 0 bridgehead atoms. The number of rotatable bonds is 12. The van der Waals surface area contributed by atoms with Gasteiger partial charge in [0.15, 0.2) is 0 Å². The second-order valence-electron chi connectivity index (χ2n) is 9.16. The van der Waals surface area contributed by atoms with E-state index in [0.717, 1.165) is 14.3 Å². The molecule has 3 aromatic rings. The quantitative estimate of drug-likeness (QED) is 0.243. The highest BCUT2D eigenvalue weighted by molar-refractivity contribution is 14.1. The fraction of sp³-hybridized carbons (Fsp3) is 0.310. The molecule has 0 aliphatic carbocycles. The van der Waals surface area contributed by atoms with Crippen molar-refractivity contribution in [2.45, 2.75) is 57.1 Å². The van der Waals surface area contributed by atoms with E-state index in [1.807, 2.05) is 26.8 Å². The van der Waals surface area contributed by atoms with E-state index in [9.17, 15) is 18.0 Å². The van der Waals surface area contributed by atoms with Gasteiger partial charge in [0.25, 0.3) is 10.0 Å². The third-order valence-electron chi connectivity index (χ3n) is 6.41. The summed E-state index contributed by atoms with van der Waals surface area (Å²) < 4.78 is 29.6. The number of benzene rings is 3. The monoisotopic (exact) mass is 681 g/mol. The second kappa shape index (κ2) is 14.1. The summed E-state index contributed by atoms with van der Waals surface area (Å²) in [4.78, 5) is 28.8. The minimum Gasteiger partial charge on any atom is -0.352 e. The normalized spacial score (nSPS) is 12.8. The lowest BCUT2D eigenvalue weighted by molar-refractivity contribution is -0.140. The average Bonchev–Trinajstić information content (AvgIpc) is 2.93. The van der Waals surface area contributed by atoms with Crippen LogP contribution in [0.15, 0.2) is 83.8 Å². The fourth-order valence-corrected chi connectivity index (χ4v) is 6.02. The first-order valence-corrected chi connectivity index (χ1v) is 15.6. The van der Waals surface area contributed by atoms with Crippen LogP contribution in [0.1, 0.15) is 39.2 Å². The molecule has 2 amide bonds. The van der Waals surface area contributed by atoms with E-state index < -0.39 is 28.5 Å². The van der Waals surface area contributed by atoms with Crippen molar-refractivity contribution >= 4 is 61.7 Å². The summed E-state index contributed by atoms with van der Waals surface area (Å²) in [6.07, 6.45) is 1.07. The van der Waals surface area contributed by atoms with E-state index in [2.05, 4.69) is 27.9 Å². The summed E-state index contributed by atoms with van der Waals surface area (Å²) in [7, 11) is -4.10. The van der Waals surface area contributed by atoms with Gasteiger partial charge in [-0.3, -0.25) is 13.9 Å². The number of nitrogens with zero attached hydrogens (tertiary/aromatic N) is 2. The van der Waals surface area contributed by atoms with E-state index in [1.165, 1.54) is 17.0 Å². The van der Waals surface area contributed by atoms with Crippen molar-refractivity contribution in [2.24, 2.45) is 0 Å². The van der Waals surface area contributed by atoms with Gasteiger partial charge in [0, 0.05) is 21.2 Å². The lowest BCUT2D eigenvalue weighted by Crippen LogP contribution is -2.53. The number of amides is 2. The number of anilines is 1. The molecule has 2 atom stereocenters. The number of nitrogens with one attached hydrogen (secondary N) is 1. The summed E-state index contributed by atoms with van der Waals surface area (Å²) >= 11 is 8.57. The molecule has 0 radical (unpaired) electrons. The third-order valence-corrected chi connectivity index (χ3v) is 9.29. The molecule has 208 valence electrons. The van der Waals surface area contributed by atoms with Crippen LogP contribution in [0, 0.1) is 3.57 Å². The van der Waals surface area contributed by atoms with Crippen molar-refractivity contribution < 1.29 is 18.0 Å². The minimum absolute atomic E-state index is 0.0524. The molecule has 0 saturated heterocycles. The van der Waals surface area contributed by atoms with Crippen molar-refractivity contribution in [3.63, 3.8) is 0 Å². The SMILES string of the molecule is CC[C@H](C(=O)N[C@@H](C)CC)N(Cc1ccccc1Cl)C(=O)CN(c1ccc(I)cc1)S(=O)(=O)c1ccccc1. The first kappa shape index (κ1) is 30.9. The van der Waals surface area contributed by atoms with Crippen LogP contribution in [-0.2, 0) is 26.2 Å². The Labute approximate surface area is 249 Å². The zero-order chi connectivity index (χ0) is 28.6. The summed E-state index contributed by atoms with van der Waals surface area (Å²) in [6, 6.07) is 21.1. The molecule has 3 rings (SSSR count). The van der Waals surface area contributed by atoms with Gasteiger partial charge in [-0.1, -0.05) is 61.8 Å². The van der Waals surface area contributed by atoms with E-state index >= 15 is 0 Å². The lowest BCUT2D eigenvalue weighted by Gasteiger charge is -2.34. The van der Waals surface area contributed by atoms with Crippen LogP contribution in [0.5, 0.6) is 0 Å². The smallest absolute Gasteiger partial charge is 0.264 e. The molecule has 0 aromatic heterocycles. The minimum atomic E-state index is -4.10. The highest BCUT2D eigenvalue weighted by Crippen LogP contribution is 2.26. The average molecular weight is 682 g/mol. The van der Waals surface area contributed by atoms with Gasteiger partial charge in [-0.25, -0.2) is 8.42 Å². The molecular weight excluding hydrogens is 649 g/mol. The summed E-state index contributed by atoms with van der Waals surface area (Å²) in [6.45, 7) is 5.25. The Kier molecular flexibility index (Phi) is 11.2. The van der Waals surface area contributed by atoms with Crippen LogP contribution in [0.2, 0.25) is 5.02 Å². The largest absolute Gasteiger partial charge is 0.352 e. The molecule has 10 heteroatoms. The summed E-state index contributed by atoms with van der Waals surface area (Å²) in [5.74, 6) is -0.807. The molecule has 3 aromatic carbocycles. The molecule has 0 aliphatic heterocycles.